The number of hydrogen-bond acceptors (Lipinski definition) is 4. The molecule has 1 aromatic carbocycles. The van der Waals surface area contributed by atoms with Gasteiger partial charge in [-0.05, 0) is 36.9 Å². The van der Waals surface area contributed by atoms with E-state index in [1.165, 1.54) is 13.2 Å². The smallest absolute Gasteiger partial charge is 0.337 e. The van der Waals surface area contributed by atoms with Gasteiger partial charge in [0.2, 0.25) is 5.91 Å². The minimum absolute atomic E-state index is 0.121. The lowest BCUT2D eigenvalue weighted by Crippen LogP contribution is -2.34. The van der Waals surface area contributed by atoms with Crippen LogP contribution in [0, 0.1) is 0 Å². The van der Waals surface area contributed by atoms with E-state index < -0.39 is 0 Å². The quantitative estimate of drug-likeness (QED) is 0.589. The number of likely N-dealkylation sites (N-methyl/N-ethyl adjacent to an activating group) is 1. The second kappa shape index (κ2) is 9.73. The molecule has 1 N–H and O–H groups in total. The molecule has 0 bridgehead atoms. The molecule has 0 aliphatic rings. The molecule has 1 aromatic rings. The summed E-state index contributed by atoms with van der Waals surface area (Å²) >= 11 is 0. The van der Waals surface area contributed by atoms with Crippen molar-refractivity contribution in [2.45, 2.75) is 13.8 Å². The first-order valence-corrected chi connectivity index (χ1v) is 7.47. The molecule has 0 fully saturated rings. The number of esters is 1. The molecule has 0 saturated carbocycles. The van der Waals surface area contributed by atoms with Gasteiger partial charge >= 0.3 is 5.97 Å². The van der Waals surface area contributed by atoms with Gasteiger partial charge in [0.05, 0.1) is 12.7 Å². The van der Waals surface area contributed by atoms with Crippen LogP contribution in [0.4, 0.5) is 0 Å². The van der Waals surface area contributed by atoms with Crippen LogP contribution in [0.15, 0.2) is 30.3 Å². The number of rotatable bonds is 8. The maximum Gasteiger partial charge on any atom is 0.337 e. The van der Waals surface area contributed by atoms with E-state index >= 15 is 0 Å². The maximum atomic E-state index is 11.7. The van der Waals surface area contributed by atoms with Crippen LogP contribution in [-0.2, 0) is 9.53 Å². The summed E-state index contributed by atoms with van der Waals surface area (Å²) in [6.07, 6.45) is 3.21. The van der Waals surface area contributed by atoms with Crippen molar-refractivity contribution in [1.82, 2.24) is 10.2 Å². The van der Waals surface area contributed by atoms with E-state index in [1.807, 2.05) is 0 Å². The first-order chi connectivity index (χ1) is 10.6. The molecule has 22 heavy (non-hydrogen) atoms. The van der Waals surface area contributed by atoms with Crippen LogP contribution >= 0.6 is 0 Å². The summed E-state index contributed by atoms with van der Waals surface area (Å²) in [5.41, 5.74) is 1.34. The van der Waals surface area contributed by atoms with Gasteiger partial charge in [-0.15, -0.1) is 0 Å². The van der Waals surface area contributed by atoms with Crippen LogP contribution in [0.1, 0.15) is 29.8 Å². The Morgan fingerprint density at radius 1 is 1.18 bits per heavy atom. The van der Waals surface area contributed by atoms with Crippen molar-refractivity contribution in [3.8, 4) is 0 Å². The van der Waals surface area contributed by atoms with Gasteiger partial charge in [-0.2, -0.15) is 0 Å². The second-order valence-corrected chi connectivity index (χ2v) is 4.76. The van der Waals surface area contributed by atoms with Crippen molar-refractivity contribution < 1.29 is 14.3 Å². The van der Waals surface area contributed by atoms with Crippen molar-refractivity contribution in [1.29, 1.82) is 0 Å². The Hall–Kier alpha value is -2.14. The fourth-order valence-corrected chi connectivity index (χ4v) is 1.96. The molecule has 120 valence electrons. The van der Waals surface area contributed by atoms with Crippen LogP contribution in [0.2, 0.25) is 0 Å². The number of benzene rings is 1. The molecule has 0 radical (unpaired) electrons. The zero-order valence-corrected chi connectivity index (χ0v) is 13.5. The van der Waals surface area contributed by atoms with Gasteiger partial charge in [-0.25, -0.2) is 4.79 Å². The van der Waals surface area contributed by atoms with E-state index in [9.17, 15) is 9.59 Å². The highest BCUT2D eigenvalue weighted by atomic mass is 16.5. The highest BCUT2D eigenvalue weighted by molar-refractivity contribution is 5.92. The number of carbonyl (C=O) groups is 2. The standard InChI is InChI=1S/C17H24N2O3/c1-4-19(5-2)13-12-18-16(20)11-8-14-6-9-15(10-7-14)17(21)22-3/h6-11H,4-5,12-13H2,1-3H3,(H,18,20)/b11-8+. The lowest BCUT2D eigenvalue weighted by Gasteiger charge is -2.17. The number of carbonyl (C=O) groups excluding carboxylic acids is 2. The first-order valence-electron chi connectivity index (χ1n) is 7.47. The monoisotopic (exact) mass is 304 g/mol. The molecule has 0 aromatic heterocycles. The fourth-order valence-electron chi connectivity index (χ4n) is 1.96. The third-order valence-electron chi connectivity index (χ3n) is 3.38. The molecule has 5 nitrogen and oxygen atoms in total. The van der Waals surface area contributed by atoms with Crippen molar-refractivity contribution in [3.05, 3.63) is 41.5 Å². The number of nitrogens with zero attached hydrogens (tertiary/aromatic N) is 1. The molecule has 0 spiro atoms. The predicted molar refractivity (Wildman–Crippen MR) is 87.6 cm³/mol. The first kappa shape index (κ1) is 17.9. The summed E-state index contributed by atoms with van der Waals surface area (Å²) in [5, 5.41) is 2.85. The number of nitrogens with one attached hydrogen (secondary N) is 1. The number of ether oxygens (including phenoxy) is 1. The number of amides is 1. The third kappa shape index (κ3) is 6.10. The van der Waals surface area contributed by atoms with Crippen molar-refractivity contribution in [3.63, 3.8) is 0 Å². The Morgan fingerprint density at radius 2 is 1.82 bits per heavy atom. The van der Waals surface area contributed by atoms with Gasteiger partial charge < -0.3 is 15.0 Å². The van der Waals surface area contributed by atoms with Gasteiger partial charge in [-0.3, -0.25) is 4.79 Å². The van der Waals surface area contributed by atoms with Crippen LogP contribution in [0.5, 0.6) is 0 Å². The van der Waals surface area contributed by atoms with Gasteiger partial charge in [0.25, 0.3) is 0 Å². The van der Waals surface area contributed by atoms with Crippen molar-refractivity contribution in [2.24, 2.45) is 0 Å². The van der Waals surface area contributed by atoms with E-state index in [0.29, 0.717) is 12.1 Å². The normalized spacial score (nSPS) is 10.9. The molecule has 0 atom stereocenters. The third-order valence-corrected chi connectivity index (χ3v) is 3.38. The SMILES string of the molecule is CCN(CC)CCNC(=O)/C=C/c1ccc(C(=O)OC)cc1. The Balaban J connectivity index is 2.43. The average molecular weight is 304 g/mol. The minimum atomic E-state index is -0.371. The molecule has 0 heterocycles. The van der Waals surface area contributed by atoms with Gasteiger partial charge in [-0.1, -0.05) is 26.0 Å². The average Bonchev–Trinajstić information content (AvgIpc) is 2.56. The zero-order valence-electron chi connectivity index (χ0n) is 13.5. The lowest BCUT2D eigenvalue weighted by molar-refractivity contribution is -0.116. The molecular formula is C17H24N2O3. The van der Waals surface area contributed by atoms with E-state index in [1.54, 1.807) is 30.3 Å². The zero-order chi connectivity index (χ0) is 16.4. The van der Waals surface area contributed by atoms with E-state index in [0.717, 1.165) is 25.2 Å². The Bertz CT molecular complexity index is 505. The van der Waals surface area contributed by atoms with Crippen LogP contribution in [-0.4, -0.2) is 50.1 Å². The van der Waals surface area contributed by atoms with Gasteiger partial charge in [0.1, 0.15) is 0 Å². The molecule has 5 heteroatoms. The summed E-state index contributed by atoms with van der Waals surface area (Å²) in [5.74, 6) is -0.492. The second-order valence-electron chi connectivity index (χ2n) is 4.76. The maximum absolute atomic E-state index is 11.7. The van der Waals surface area contributed by atoms with E-state index in [-0.39, 0.29) is 11.9 Å². The summed E-state index contributed by atoms with van der Waals surface area (Å²) in [6.45, 7) is 7.64. The molecule has 1 amide bonds. The Labute approximate surface area is 132 Å². The van der Waals surface area contributed by atoms with Crippen molar-refractivity contribution in [2.75, 3.05) is 33.3 Å². The topological polar surface area (TPSA) is 58.6 Å². The molecule has 0 aliphatic carbocycles. The largest absolute Gasteiger partial charge is 0.465 e. The van der Waals surface area contributed by atoms with Crippen LogP contribution in [0.3, 0.4) is 0 Å². The van der Waals surface area contributed by atoms with E-state index in [2.05, 4.69) is 28.8 Å². The summed E-state index contributed by atoms with van der Waals surface area (Å²) < 4.78 is 4.63. The van der Waals surface area contributed by atoms with Crippen molar-refractivity contribution >= 4 is 18.0 Å². The molecule has 0 unspecified atom stereocenters. The Morgan fingerprint density at radius 3 is 2.36 bits per heavy atom. The van der Waals surface area contributed by atoms with Gasteiger partial charge in [0, 0.05) is 19.2 Å². The molecular weight excluding hydrogens is 280 g/mol. The predicted octanol–water partition coefficient (Wildman–Crippen LogP) is 1.94. The van der Waals surface area contributed by atoms with Crippen LogP contribution in [0.25, 0.3) is 6.08 Å². The molecule has 0 aliphatic heterocycles. The lowest BCUT2D eigenvalue weighted by atomic mass is 10.1. The highest BCUT2D eigenvalue weighted by Gasteiger charge is 2.03. The van der Waals surface area contributed by atoms with Crippen LogP contribution < -0.4 is 5.32 Å². The van der Waals surface area contributed by atoms with E-state index in [4.69, 9.17) is 0 Å². The molecule has 0 saturated heterocycles. The highest BCUT2D eigenvalue weighted by Crippen LogP contribution is 2.07. The van der Waals surface area contributed by atoms with Gasteiger partial charge in [0.15, 0.2) is 0 Å². The molecule has 1 rings (SSSR count). The number of methoxy groups -OCH3 is 1. The summed E-state index contributed by atoms with van der Waals surface area (Å²) in [6, 6.07) is 6.88. The summed E-state index contributed by atoms with van der Waals surface area (Å²) in [7, 11) is 1.35. The minimum Gasteiger partial charge on any atom is -0.465 e. The fraction of sp³-hybridized carbons (Fsp3) is 0.412. The number of hydrogen-bond donors (Lipinski definition) is 1. The Kier molecular flexibility index (Phi) is 7.92. The summed E-state index contributed by atoms with van der Waals surface area (Å²) in [4.78, 5) is 25.3.